The van der Waals surface area contributed by atoms with Gasteiger partial charge in [0.05, 0.1) is 18.2 Å². The molecule has 1 aromatic carbocycles. The summed E-state index contributed by atoms with van der Waals surface area (Å²) in [7, 11) is 1.60. The van der Waals surface area contributed by atoms with Crippen LogP contribution in [0, 0.1) is 0 Å². The smallest absolute Gasteiger partial charge is 0.143 e. The Balaban J connectivity index is 2.53. The number of halogens is 1. The molecule has 13 heavy (non-hydrogen) atoms. The van der Waals surface area contributed by atoms with Crippen LogP contribution in [-0.2, 0) is 0 Å². The summed E-state index contributed by atoms with van der Waals surface area (Å²) in [5, 5.41) is 0.558. The van der Waals surface area contributed by atoms with Crippen LogP contribution in [0.5, 0.6) is 11.5 Å². The van der Waals surface area contributed by atoms with E-state index in [4.69, 9.17) is 26.8 Å². The van der Waals surface area contributed by atoms with E-state index in [2.05, 4.69) is 0 Å². The Labute approximate surface area is 81.4 Å². The van der Waals surface area contributed by atoms with Gasteiger partial charge in [0.25, 0.3) is 0 Å². The number of methoxy groups -OCH3 is 1. The molecule has 0 aliphatic carbocycles. The van der Waals surface area contributed by atoms with E-state index in [1.54, 1.807) is 13.2 Å². The molecule has 0 aromatic heterocycles. The van der Waals surface area contributed by atoms with E-state index in [0.29, 0.717) is 23.1 Å². The molecule has 0 amide bonds. The number of hydrogen-bond donors (Lipinski definition) is 1. The van der Waals surface area contributed by atoms with Gasteiger partial charge in [-0.15, -0.1) is 0 Å². The minimum absolute atomic E-state index is 0.0948. The summed E-state index contributed by atoms with van der Waals surface area (Å²) < 4.78 is 10.4. The Hall–Kier alpha value is -0.930. The number of hydrogen-bond acceptors (Lipinski definition) is 3. The second-order valence-electron chi connectivity index (χ2n) is 2.95. The first-order valence-corrected chi connectivity index (χ1v) is 4.36. The molecule has 1 aliphatic rings. The van der Waals surface area contributed by atoms with Gasteiger partial charge in [0.2, 0.25) is 0 Å². The zero-order valence-electron chi connectivity index (χ0n) is 7.21. The standard InChI is InChI=1S/C9H10ClNO2/c1-12-5-2-6-8(11)4-13-9(6)7(10)3-5/h2-3,8H,4,11H2,1H3. The van der Waals surface area contributed by atoms with Crippen molar-refractivity contribution in [3.05, 3.63) is 22.7 Å². The fourth-order valence-electron chi connectivity index (χ4n) is 1.40. The first-order valence-electron chi connectivity index (χ1n) is 3.98. The van der Waals surface area contributed by atoms with Crippen LogP contribution in [0.15, 0.2) is 12.1 Å². The molecule has 3 nitrogen and oxygen atoms in total. The van der Waals surface area contributed by atoms with Crippen molar-refractivity contribution < 1.29 is 9.47 Å². The number of benzene rings is 1. The number of rotatable bonds is 1. The Morgan fingerprint density at radius 3 is 3.08 bits per heavy atom. The predicted octanol–water partition coefficient (Wildman–Crippen LogP) is 1.74. The summed E-state index contributed by atoms with van der Waals surface area (Å²) in [5.74, 6) is 1.40. The molecular formula is C9H10ClNO2. The van der Waals surface area contributed by atoms with Crippen molar-refractivity contribution in [1.29, 1.82) is 0 Å². The van der Waals surface area contributed by atoms with Crippen molar-refractivity contribution in [2.24, 2.45) is 5.73 Å². The SMILES string of the molecule is COc1cc(Cl)c2c(c1)C(N)CO2. The Bertz CT molecular complexity index is 341. The Morgan fingerprint density at radius 1 is 1.62 bits per heavy atom. The Morgan fingerprint density at radius 2 is 2.38 bits per heavy atom. The van der Waals surface area contributed by atoms with Gasteiger partial charge < -0.3 is 15.2 Å². The summed E-state index contributed by atoms with van der Waals surface area (Å²) in [5.41, 5.74) is 6.72. The topological polar surface area (TPSA) is 44.5 Å². The third kappa shape index (κ3) is 1.34. The average Bonchev–Trinajstić information content (AvgIpc) is 2.48. The molecule has 70 valence electrons. The van der Waals surface area contributed by atoms with Crippen molar-refractivity contribution >= 4 is 11.6 Å². The van der Waals surface area contributed by atoms with Crippen molar-refractivity contribution in [2.45, 2.75) is 6.04 Å². The summed E-state index contributed by atoms with van der Waals surface area (Å²) in [4.78, 5) is 0. The van der Waals surface area contributed by atoms with Crippen LogP contribution in [-0.4, -0.2) is 13.7 Å². The quantitative estimate of drug-likeness (QED) is 0.750. The molecule has 0 spiro atoms. The van der Waals surface area contributed by atoms with Crippen molar-refractivity contribution in [3.63, 3.8) is 0 Å². The maximum absolute atomic E-state index is 5.96. The van der Waals surface area contributed by atoms with Crippen molar-refractivity contribution in [2.75, 3.05) is 13.7 Å². The van der Waals surface area contributed by atoms with E-state index < -0.39 is 0 Å². The zero-order chi connectivity index (χ0) is 9.42. The van der Waals surface area contributed by atoms with Crippen LogP contribution in [0.1, 0.15) is 11.6 Å². The van der Waals surface area contributed by atoms with E-state index in [0.717, 1.165) is 5.56 Å². The highest BCUT2D eigenvalue weighted by molar-refractivity contribution is 6.32. The first-order chi connectivity index (χ1) is 6.22. The number of ether oxygens (including phenoxy) is 2. The lowest BCUT2D eigenvalue weighted by atomic mass is 10.1. The molecule has 1 aromatic rings. The normalized spacial score (nSPS) is 19.5. The van der Waals surface area contributed by atoms with Crippen LogP contribution < -0.4 is 15.2 Å². The monoisotopic (exact) mass is 199 g/mol. The van der Waals surface area contributed by atoms with Crippen LogP contribution in [0.2, 0.25) is 5.02 Å². The molecule has 2 rings (SSSR count). The summed E-state index contributed by atoms with van der Waals surface area (Å²) in [6.45, 7) is 0.488. The van der Waals surface area contributed by atoms with Gasteiger partial charge in [0.15, 0.2) is 0 Å². The summed E-state index contributed by atoms with van der Waals surface area (Å²) in [6.07, 6.45) is 0. The molecule has 1 heterocycles. The Kier molecular flexibility index (Phi) is 2.06. The van der Waals surface area contributed by atoms with E-state index in [-0.39, 0.29) is 6.04 Å². The maximum Gasteiger partial charge on any atom is 0.143 e. The zero-order valence-corrected chi connectivity index (χ0v) is 7.97. The highest BCUT2D eigenvalue weighted by Gasteiger charge is 2.24. The third-order valence-electron chi connectivity index (χ3n) is 2.09. The number of nitrogens with two attached hydrogens (primary N) is 1. The highest BCUT2D eigenvalue weighted by Crippen LogP contribution is 2.40. The summed E-state index contributed by atoms with van der Waals surface area (Å²) >= 11 is 5.96. The molecule has 1 aliphatic heterocycles. The van der Waals surface area contributed by atoms with E-state index in [1.165, 1.54) is 0 Å². The fourth-order valence-corrected chi connectivity index (χ4v) is 1.67. The van der Waals surface area contributed by atoms with Gasteiger partial charge in [-0.2, -0.15) is 0 Å². The lowest BCUT2D eigenvalue weighted by molar-refractivity contribution is 0.333. The molecule has 0 saturated heterocycles. The lowest BCUT2D eigenvalue weighted by Gasteiger charge is -2.06. The molecule has 2 N–H and O–H groups in total. The van der Waals surface area contributed by atoms with E-state index in [1.807, 2.05) is 6.07 Å². The second-order valence-corrected chi connectivity index (χ2v) is 3.35. The largest absolute Gasteiger partial charge is 0.497 e. The van der Waals surface area contributed by atoms with Gasteiger partial charge in [-0.25, -0.2) is 0 Å². The van der Waals surface area contributed by atoms with Gasteiger partial charge in [-0.3, -0.25) is 0 Å². The predicted molar refractivity (Wildman–Crippen MR) is 50.4 cm³/mol. The molecule has 0 radical (unpaired) electrons. The maximum atomic E-state index is 5.96. The minimum atomic E-state index is -0.0948. The van der Waals surface area contributed by atoms with Crippen LogP contribution >= 0.6 is 11.6 Å². The highest BCUT2D eigenvalue weighted by atomic mass is 35.5. The van der Waals surface area contributed by atoms with Crippen LogP contribution in [0.25, 0.3) is 0 Å². The van der Waals surface area contributed by atoms with Gasteiger partial charge >= 0.3 is 0 Å². The first kappa shape index (κ1) is 8.66. The minimum Gasteiger partial charge on any atom is -0.497 e. The third-order valence-corrected chi connectivity index (χ3v) is 2.37. The average molecular weight is 200 g/mol. The van der Waals surface area contributed by atoms with Gasteiger partial charge in [0, 0.05) is 11.6 Å². The van der Waals surface area contributed by atoms with E-state index in [9.17, 15) is 0 Å². The number of fused-ring (bicyclic) bond motifs is 1. The molecule has 0 bridgehead atoms. The molecule has 4 heteroatoms. The molecule has 1 unspecified atom stereocenters. The van der Waals surface area contributed by atoms with Crippen molar-refractivity contribution in [1.82, 2.24) is 0 Å². The molecule has 0 saturated carbocycles. The van der Waals surface area contributed by atoms with Gasteiger partial charge in [-0.05, 0) is 6.07 Å². The van der Waals surface area contributed by atoms with Crippen LogP contribution in [0.3, 0.4) is 0 Å². The van der Waals surface area contributed by atoms with Gasteiger partial charge in [0.1, 0.15) is 18.1 Å². The molecule has 0 fully saturated rings. The van der Waals surface area contributed by atoms with Crippen LogP contribution in [0.4, 0.5) is 0 Å². The summed E-state index contributed by atoms with van der Waals surface area (Å²) in [6, 6.07) is 3.49. The van der Waals surface area contributed by atoms with E-state index >= 15 is 0 Å². The fraction of sp³-hybridized carbons (Fsp3) is 0.333. The molecular weight excluding hydrogens is 190 g/mol. The van der Waals surface area contributed by atoms with Crippen molar-refractivity contribution in [3.8, 4) is 11.5 Å². The lowest BCUT2D eigenvalue weighted by Crippen LogP contribution is -2.10. The molecule has 1 atom stereocenters. The second kappa shape index (κ2) is 3.09. The van der Waals surface area contributed by atoms with Gasteiger partial charge in [-0.1, -0.05) is 11.6 Å².